The van der Waals surface area contributed by atoms with Gasteiger partial charge in [0.15, 0.2) is 0 Å². The first-order chi connectivity index (χ1) is 9.17. The van der Waals surface area contributed by atoms with E-state index < -0.39 is 6.04 Å². The van der Waals surface area contributed by atoms with Gasteiger partial charge in [-0.15, -0.1) is 0 Å². The topological polar surface area (TPSA) is 94.0 Å². The Hall–Kier alpha value is -1.03. The summed E-state index contributed by atoms with van der Waals surface area (Å²) in [5.41, 5.74) is 0. The summed E-state index contributed by atoms with van der Waals surface area (Å²) >= 11 is 0. The normalized spacial score (nSPS) is 24.1. The van der Waals surface area contributed by atoms with Crippen molar-refractivity contribution in [2.24, 2.45) is 5.92 Å². The Morgan fingerprint density at radius 3 is 2.52 bits per heavy atom. The number of hydrogen-bond acceptors (Lipinski definition) is 4. The maximum Gasteiger partial charge on any atom is 0.223 e. The van der Waals surface area contributed by atoms with E-state index in [2.05, 4.69) is 22.9 Å². The van der Waals surface area contributed by atoms with Gasteiger partial charge >= 0.3 is 0 Å². The predicted molar refractivity (Wildman–Crippen MR) is 77.4 cm³/mol. The molecule has 0 saturated carbocycles. The van der Waals surface area contributed by atoms with Crippen molar-refractivity contribution < 1.29 is 28.1 Å². The summed E-state index contributed by atoms with van der Waals surface area (Å²) in [5, 5.41) is 17.0. The minimum absolute atomic E-state index is 0. The first-order valence-electron chi connectivity index (χ1n) is 6.77. The van der Waals surface area contributed by atoms with E-state index in [0.717, 1.165) is 12.5 Å². The summed E-state index contributed by atoms with van der Waals surface area (Å²) < 4.78 is 0. The molecule has 2 aliphatic heterocycles. The van der Waals surface area contributed by atoms with E-state index >= 15 is 0 Å². The van der Waals surface area contributed by atoms with Crippen molar-refractivity contribution in [1.29, 1.82) is 5.26 Å². The fourth-order valence-corrected chi connectivity index (χ4v) is 2.25. The second-order valence-corrected chi connectivity index (χ2v) is 4.98. The zero-order valence-corrected chi connectivity index (χ0v) is 14.2. The molecule has 2 heterocycles. The van der Waals surface area contributed by atoms with Gasteiger partial charge < -0.3 is 23.4 Å². The van der Waals surface area contributed by atoms with Crippen LogP contribution in [0.5, 0.6) is 0 Å². The first kappa shape index (κ1) is 22.3. The van der Waals surface area contributed by atoms with Gasteiger partial charge in [-0.2, -0.15) is 5.26 Å². The van der Waals surface area contributed by atoms with Crippen molar-refractivity contribution in [2.75, 3.05) is 13.1 Å². The van der Waals surface area contributed by atoms with Crippen LogP contribution in [0.4, 0.5) is 0 Å². The van der Waals surface area contributed by atoms with E-state index in [0.29, 0.717) is 19.4 Å². The molecule has 2 rings (SSSR count). The molecule has 0 aromatic carbocycles. The van der Waals surface area contributed by atoms with Crippen molar-refractivity contribution >= 4 is 12.3 Å². The van der Waals surface area contributed by atoms with Crippen molar-refractivity contribution in [3.63, 3.8) is 0 Å². The Morgan fingerprint density at radius 1 is 1.48 bits per heavy atom. The summed E-state index contributed by atoms with van der Waals surface area (Å²) in [5.74, 6) is -0.148. The van der Waals surface area contributed by atoms with Crippen LogP contribution < -0.4 is 16.0 Å². The smallest absolute Gasteiger partial charge is 0.223 e. The number of nitriles is 1. The summed E-state index contributed by atoms with van der Waals surface area (Å²) in [4.78, 5) is 21.2. The summed E-state index contributed by atoms with van der Waals surface area (Å²) in [6.07, 6.45) is 4.39. The van der Waals surface area contributed by atoms with Gasteiger partial charge in [-0.3, -0.25) is 9.59 Å². The third-order valence-corrected chi connectivity index (χ3v) is 3.41. The SMILES string of the molecule is CC1CCCN1.N#CC(CC1CCNC1=O)NC=O.[CH3-].[V]. The van der Waals surface area contributed by atoms with E-state index in [4.69, 9.17) is 5.26 Å². The van der Waals surface area contributed by atoms with Gasteiger partial charge in [0, 0.05) is 37.1 Å². The molecule has 2 aliphatic rings. The van der Waals surface area contributed by atoms with E-state index in [1.165, 1.54) is 19.4 Å². The quantitative estimate of drug-likeness (QED) is 0.512. The molecule has 0 aliphatic carbocycles. The number of carbonyl (C=O) groups is 2. The monoisotopic (exact) mass is 332 g/mol. The number of nitrogens with one attached hydrogen (secondary N) is 3. The number of hydrogen-bond donors (Lipinski definition) is 3. The van der Waals surface area contributed by atoms with Gasteiger partial charge in [-0.05, 0) is 39.2 Å². The van der Waals surface area contributed by atoms with Crippen LogP contribution in [-0.2, 0) is 28.1 Å². The van der Waals surface area contributed by atoms with Crippen molar-refractivity contribution in [3.05, 3.63) is 7.43 Å². The molecular formula is C14H25N4O2V-. The van der Waals surface area contributed by atoms with Crippen molar-refractivity contribution in [2.45, 2.75) is 44.7 Å². The van der Waals surface area contributed by atoms with Gasteiger partial charge in [-0.25, -0.2) is 0 Å². The Balaban J connectivity index is 0. The van der Waals surface area contributed by atoms with Crippen molar-refractivity contribution in [1.82, 2.24) is 16.0 Å². The van der Waals surface area contributed by atoms with E-state index in [1.807, 2.05) is 6.07 Å². The zero-order chi connectivity index (χ0) is 14.1. The molecule has 21 heavy (non-hydrogen) atoms. The van der Waals surface area contributed by atoms with Gasteiger partial charge in [0.25, 0.3) is 0 Å². The summed E-state index contributed by atoms with van der Waals surface area (Å²) in [6.45, 7) is 4.14. The fraction of sp³-hybridized carbons (Fsp3) is 0.714. The predicted octanol–water partition coefficient (Wildman–Crippen LogP) is 0.357. The molecule has 2 amide bonds. The largest absolute Gasteiger partial charge is 0.358 e. The Morgan fingerprint density at radius 2 is 2.19 bits per heavy atom. The van der Waals surface area contributed by atoms with Crippen LogP contribution in [0.2, 0.25) is 0 Å². The number of carbonyl (C=O) groups excluding carboxylic acids is 2. The van der Waals surface area contributed by atoms with Crippen LogP contribution in [0, 0.1) is 24.7 Å². The van der Waals surface area contributed by atoms with Crippen molar-refractivity contribution in [3.8, 4) is 6.07 Å². The molecule has 3 atom stereocenters. The van der Waals surface area contributed by atoms with E-state index in [9.17, 15) is 9.59 Å². The molecule has 0 aromatic heterocycles. The standard InChI is InChI=1S/C8H11N3O2.C5H11N.CH3.V/c9-4-7(11-5-12)3-6-1-2-10-8(6)13;1-5-3-2-4-6-5;;/h5-7H,1-3H2,(H,10,13)(H,11,12);5-6H,2-4H2,1H3;1H3;/q;;-1;. The average Bonchev–Trinajstić information content (AvgIpc) is 3.02. The fourth-order valence-electron chi connectivity index (χ4n) is 2.25. The van der Waals surface area contributed by atoms with Crippen LogP contribution in [-0.4, -0.2) is 37.5 Å². The second-order valence-electron chi connectivity index (χ2n) is 4.98. The minimum atomic E-state index is -0.550. The van der Waals surface area contributed by atoms with E-state index in [-0.39, 0.29) is 37.8 Å². The summed E-state index contributed by atoms with van der Waals surface area (Å²) in [7, 11) is 0. The van der Waals surface area contributed by atoms with Gasteiger partial charge in [0.1, 0.15) is 6.04 Å². The number of nitrogens with zero attached hydrogens (tertiary/aromatic N) is 1. The maximum atomic E-state index is 11.1. The van der Waals surface area contributed by atoms with Crippen LogP contribution in [0.25, 0.3) is 0 Å². The van der Waals surface area contributed by atoms with Crippen LogP contribution in [0.15, 0.2) is 0 Å². The molecule has 0 spiro atoms. The molecule has 3 unspecified atom stereocenters. The maximum absolute atomic E-state index is 11.1. The first-order valence-corrected chi connectivity index (χ1v) is 6.77. The van der Waals surface area contributed by atoms with Crippen LogP contribution in [0.3, 0.4) is 0 Å². The Bertz CT molecular complexity index is 340. The molecule has 2 saturated heterocycles. The molecule has 3 N–H and O–H groups in total. The van der Waals surface area contributed by atoms with Gasteiger partial charge in [-0.1, -0.05) is 0 Å². The third-order valence-electron chi connectivity index (χ3n) is 3.41. The second kappa shape index (κ2) is 12.7. The zero-order valence-electron chi connectivity index (χ0n) is 12.8. The minimum Gasteiger partial charge on any atom is -0.358 e. The molecule has 7 heteroatoms. The molecule has 119 valence electrons. The van der Waals surface area contributed by atoms with Gasteiger partial charge in [0.2, 0.25) is 12.3 Å². The molecule has 0 bridgehead atoms. The molecule has 2 fully saturated rings. The van der Waals surface area contributed by atoms with Crippen LogP contribution in [0.1, 0.15) is 32.6 Å². The third kappa shape index (κ3) is 8.77. The molecule has 0 aromatic rings. The molecule has 1 radical (unpaired) electrons. The molecular weight excluding hydrogens is 307 g/mol. The number of amides is 2. The Kier molecular flexibility index (Phi) is 13.5. The van der Waals surface area contributed by atoms with Gasteiger partial charge in [0.05, 0.1) is 6.07 Å². The average molecular weight is 332 g/mol. The number of rotatable bonds is 4. The van der Waals surface area contributed by atoms with E-state index in [1.54, 1.807) is 0 Å². The van der Waals surface area contributed by atoms with Crippen LogP contribution >= 0.6 is 0 Å². The summed E-state index contributed by atoms with van der Waals surface area (Å²) in [6, 6.07) is 2.17. The Labute approximate surface area is 139 Å². The molecule has 6 nitrogen and oxygen atoms in total.